The Balaban J connectivity index is 2.46. The summed E-state index contributed by atoms with van der Waals surface area (Å²) < 4.78 is 1.81. The van der Waals surface area contributed by atoms with Crippen molar-refractivity contribution in [3.8, 4) is 0 Å². The molecule has 0 aliphatic heterocycles. The molecule has 4 heteroatoms. The van der Waals surface area contributed by atoms with Gasteiger partial charge in [-0.25, -0.2) is 0 Å². The second kappa shape index (κ2) is 6.23. The Morgan fingerprint density at radius 1 is 1.44 bits per heavy atom. The molecule has 0 spiro atoms. The summed E-state index contributed by atoms with van der Waals surface area (Å²) in [6.45, 7) is 5.43. The molecule has 0 aromatic carbocycles. The van der Waals surface area contributed by atoms with E-state index in [1.54, 1.807) is 24.5 Å². The average molecular weight is 222 g/mol. The van der Waals surface area contributed by atoms with E-state index in [9.17, 15) is 4.79 Å². The van der Waals surface area contributed by atoms with E-state index < -0.39 is 0 Å². The minimum atomic E-state index is -0.0233. The van der Waals surface area contributed by atoms with E-state index in [0.29, 0.717) is 18.2 Å². The van der Waals surface area contributed by atoms with Gasteiger partial charge in [0.2, 0.25) is 0 Å². The molecule has 1 aromatic rings. The van der Waals surface area contributed by atoms with E-state index >= 15 is 0 Å². The molecule has 0 bridgehead atoms. The molecular weight excluding hydrogens is 202 g/mol. The summed E-state index contributed by atoms with van der Waals surface area (Å²) in [7, 11) is 0. The van der Waals surface area contributed by atoms with Crippen LogP contribution < -0.4 is 15.6 Å². The monoisotopic (exact) mass is 222 g/mol. The molecule has 3 N–H and O–H groups in total. The van der Waals surface area contributed by atoms with Crippen molar-refractivity contribution < 1.29 is 9.36 Å². The zero-order valence-electron chi connectivity index (χ0n) is 9.94. The molecule has 16 heavy (non-hydrogen) atoms. The number of hydrogen-bond donors (Lipinski definition) is 2. The van der Waals surface area contributed by atoms with Gasteiger partial charge in [-0.2, -0.15) is 4.57 Å². The number of nitrogens with zero attached hydrogens (tertiary/aromatic N) is 1. The van der Waals surface area contributed by atoms with Gasteiger partial charge in [-0.3, -0.25) is 10.5 Å². The highest BCUT2D eigenvalue weighted by Gasteiger charge is 2.06. The molecule has 0 saturated heterocycles. The van der Waals surface area contributed by atoms with Gasteiger partial charge in [-0.15, -0.1) is 0 Å². The highest BCUT2D eigenvalue weighted by molar-refractivity contribution is 5.93. The summed E-state index contributed by atoms with van der Waals surface area (Å²) in [5.74, 6) is 0.584. The van der Waals surface area contributed by atoms with Gasteiger partial charge in [0.25, 0.3) is 5.91 Å². The van der Waals surface area contributed by atoms with Gasteiger partial charge in [-0.05, 0) is 12.3 Å². The molecule has 1 aromatic heterocycles. The number of nitrogens with one attached hydrogen (secondary N) is 1. The van der Waals surface area contributed by atoms with Crippen molar-refractivity contribution >= 4 is 5.91 Å². The molecule has 1 rings (SSSR count). The maximum atomic E-state index is 11.7. The lowest BCUT2D eigenvalue weighted by Crippen LogP contribution is -2.38. The molecule has 0 fully saturated rings. The van der Waals surface area contributed by atoms with Crippen molar-refractivity contribution in [2.45, 2.75) is 26.9 Å². The third kappa shape index (κ3) is 3.98. The number of carbonyl (C=O) groups excluding carboxylic acids is 1. The fourth-order valence-corrected chi connectivity index (χ4v) is 1.31. The fourth-order valence-electron chi connectivity index (χ4n) is 1.31. The summed E-state index contributed by atoms with van der Waals surface area (Å²) in [5.41, 5.74) is 6.13. The van der Waals surface area contributed by atoms with Crippen LogP contribution >= 0.6 is 0 Å². The van der Waals surface area contributed by atoms with Crippen molar-refractivity contribution in [3.63, 3.8) is 0 Å². The van der Waals surface area contributed by atoms with Gasteiger partial charge < -0.3 is 5.32 Å². The highest BCUT2D eigenvalue weighted by atomic mass is 16.1. The summed E-state index contributed by atoms with van der Waals surface area (Å²) in [6, 6.07) is 3.55. The number of nitrogens with two attached hydrogens (primary N) is 1. The molecule has 0 saturated carbocycles. The Morgan fingerprint density at radius 2 is 2.06 bits per heavy atom. The van der Waals surface area contributed by atoms with E-state index in [4.69, 9.17) is 5.73 Å². The van der Waals surface area contributed by atoms with Crippen LogP contribution in [0.15, 0.2) is 24.5 Å². The fraction of sp³-hybridized carbons (Fsp3) is 0.500. The first-order chi connectivity index (χ1) is 7.63. The Kier molecular flexibility index (Phi) is 4.92. The van der Waals surface area contributed by atoms with Crippen LogP contribution in [0.3, 0.4) is 0 Å². The van der Waals surface area contributed by atoms with E-state index in [0.717, 1.165) is 13.0 Å². The van der Waals surface area contributed by atoms with E-state index in [1.807, 2.05) is 4.57 Å². The SMILES string of the molecule is CC(C)CCNC(=O)c1cc[n+](CN)cc1. The Hall–Kier alpha value is -1.42. The molecule has 88 valence electrons. The number of pyridine rings is 1. The molecule has 0 aliphatic carbocycles. The standard InChI is InChI=1S/C12H19N3O/c1-10(2)3-6-14-12(16)11-4-7-15(9-13)8-5-11/h4-5,7-8,10H,3,6,9,13H2,1-2H3/p+1. The minimum Gasteiger partial charge on any atom is -0.352 e. The lowest BCUT2D eigenvalue weighted by Gasteiger charge is -2.06. The second-order valence-electron chi connectivity index (χ2n) is 4.22. The number of rotatable bonds is 5. The summed E-state index contributed by atoms with van der Waals surface area (Å²) in [6.07, 6.45) is 4.61. The van der Waals surface area contributed by atoms with Gasteiger partial charge in [0.1, 0.15) is 0 Å². The van der Waals surface area contributed by atoms with Gasteiger partial charge >= 0.3 is 0 Å². The number of aromatic nitrogens is 1. The zero-order chi connectivity index (χ0) is 12.0. The van der Waals surface area contributed by atoms with Crippen LogP contribution in [0.4, 0.5) is 0 Å². The molecule has 0 aliphatic rings. The van der Waals surface area contributed by atoms with Crippen LogP contribution in [-0.2, 0) is 6.67 Å². The van der Waals surface area contributed by atoms with Crippen LogP contribution in [0.2, 0.25) is 0 Å². The first kappa shape index (κ1) is 12.6. The van der Waals surface area contributed by atoms with E-state index in [2.05, 4.69) is 19.2 Å². The average Bonchev–Trinajstić information content (AvgIpc) is 2.28. The summed E-state index contributed by atoms with van der Waals surface area (Å²) in [4.78, 5) is 11.7. The van der Waals surface area contributed by atoms with Gasteiger partial charge in [0.05, 0.1) is 5.56 Å². The molecule has 1 heterocycles. The number of carbonyl (C=O) groups is 1. The number of hydrogen-bond acceptors (Lipinski definition) is 2. The Labute approximate surface area is 96.5 Å². The van der Waals surface area contributed by atoms with Crippen molar-refractivity contribution in [1.29, 1.82) is 0 Å². The maximum absolute atomic E-state index is 11.7. The van der Waals surface area contributed by atoms with Crippen molar-refractivity contribution in [1.82, 2.24) is 5.32 Å². The molecule has 0 radical (unpaired) electrons. The highest BCUT2D eigenvalue weighted by Crippen LogP contribution is 1.98. The molecule has 0 atom stereocenters. The van der Waals surface area contributed by atoms with Crippen molar-refractivity contribution in [2.75, 3.05) is 6.54 Å². The lowest BCUT2D eigenvalue weighted by atomic mass is 10.1. The Morgan fingerprint density at radius 3 is 2.56 bits per heavy atom. The summed E-state index contributed by atoms with van der Waals surface area (Å²) >= 11 is 0. The quantitative estimate of drug-likeness (QED) is 0.719. The van der Waals surface area contributed by atoms with Crippen molar-refractivity contribution in [2.24, 2.45) is 11.7 Å². The van der Waals surface area contributed by atoms with Gasteiger partial charge in [0, 0.05) is 18.7 Å². The van der Waals surface area contributed by atoms with Crippen molar-refractivity contribution in [3.05, 3.63) is 30.1 Å². The molecule has 1 amide bonds. The predicted molar refractivity (Wildman–Crippen MR) is 62.6 cm³/mol. The van der Waals surface area contributed by atoms with E-state index in [-0.39, 0.29) is 5.91 Å². The lowest BCUT2D eigenvalue weighted by molar-refractivity contribution is -0.696. The zero-order valence-corrected chi connectivity index (χ0v) is 9.94. The molecule has 0 unspecified atom stereocenters. The largest absolute Gasteiger partial charge is 0.352 e. The third-order valence-electron chi connectivity index (χ3n) is 2.37. The van der Waals surface area contributed by atoms with Crippen LogP contribution in [0.1, 0.15) is 30.6 Å². The van der Waals surface area contributed by atoms with Gasteiger partial charge in [-0.1, -0.05) is 13.8 Å². The van der Waals surface area contributed by atoms with Crippen LogP contribution in [0.5, 0.6) is 0 Å². The first-order valence-electron chi connectivity index (χ1n) is 5.61. The van der Waals surface area contributed by atoms with Crippen LogP contribution in [-0.4, -0.2) is 12.5 Å². The van der Waals surface area contributed by atoms with Crippen LogP contribution in [0, 0.1) is 5.92 Å². The number of amides is 1. The molecular formula is C12H20N3O+. The smallest absolute Gasteiger partial charge is 0.251 e. The predicted octanol–water partition coefficient (Wildman–Crippen LogP) is 0.666. The topological polar surface area (TPSA) is 59.0 Å². The van der Waals surface area contributed by atoms with E-state index in [1.165, 1.54) is 0 Å². The van der Waals surface area contributed by atoms with Gasteiger partial charge in [0.15, 0.2) is 19.1 Å². The normalized spacial score (nSPS) is 10.5. The third-order valence-corrected chi connectivity index (χ3v) is 2.37. The second-order valence-corrected chi connectivity index (χ2v) is 4.22. The Bertz CT molecular complexity index is 333. The minimum absolute atomic E-state index is 0.0233. The van der Waals surface area contributed by atoms with Crippen LogP contribution in [0.25, 0.3) is 0 Å². The molecule has 4 nitrogen and oxygen atoms in total. The first-order valence-corrected chi connectivity index (χ1v) is 5.61. The maximum Gasteiger partial charge on any atom is 0.251 e. The summed E-state index contributed by atoms with van der Waals surface area (Å²) in [5, 5.41) is 2.89.